The molecule has 20 heavy (non-hydrogen) atoms. The van der Waals surface area contributed by atoms with Crippen LogP contribution < -0.4 is 0 Å². The number of hydrogen-bond acceptors (Lipinski definition) is 5. The van der Waals surface area contributed by atoms with Crippen molar-refractivity contribution in [2.45, 2.75) is 25.2 Å². The average Bonchev–Trinajstić information content (AvgIpc) is 2.95. The Morgan fingerprint density at radius 3 is 2.55 bits per heavy atom. The van der Waals surface area contributed by atoms with Crippen molar-refractivity contribution >= 4 is 16.0 Å². The fourth-order valence-electron chi connectivity index (χ4n) is 2.56. The van der Waals surface area contributed by atoms with Gasteiger partial charge in [-0.05, 0) is 20.3 Å². The highest BCUT2D eigenvalue weighted by Gasteiger charge is 2.38. The van der Waals surface area contributed by atoms with E-state index in [2.05, 4.69) is 9.84 Å². The van der Waals surface area contributed by atoms with Crippen LogP contribution in [0.3, 0.4) is 0 Å². The van der Waals surface area contributed by atoms with Crippen LogP contribution >= 0.6 is 0 Å². The van der Waals surface area contributed by atoms with Crippen molar-refractivity contribution in [1.82, 2.24) is 14.1 Å². The summed E-state index contributed by atoms with van der Waals surface area (Å²) in [7, 11) is -0.586. The molecule has 0 radical (unpaired) electrons. The van der Waals surface area contributed by atoms with Crippen molar-refractivity contribution in [3.05, 3.63) is 11.4 Å². The molecule has 1 saturated heterocycles. The number of methoxy groups -OCH3 is 1. The predicted octanol–water partition coefficient (Wildman–Crippen LogP) is 0.221. The van der Waals surface area contributed by atoms with Crippen molar-refractivity contribution in [2.75, 3.05) is 20.2 Å². The lowest BCUT2D eigenvalue weighted by atomic mass is 10.1. The first-order chi connectivity index (χ1) is 9.28. The molecular formula is C12H19N3O4S. The van der Waals surface area contributed by atoms with Gasteiger partial charge in [0.2, 0.25) is 10.0 Å². The van der Waals surface area contributed by atoms with E-state index in [9.17, 15) is 13.2 Å². The van der Waals surface area contributed by atoms with Gasteiger partial charge in [-0.25, -0.2) is 8.42 Å². The molecule has 1 atom stereocenters. The van der Waals surface area contributed by atoms with E-state index in [1.165, 1.54) is 11.4 Å². The number of carbonyl (C=O) groups is 1. The zero-order valence-electron chi connectivity index (χ0n) is 12.1. The van der Waals surface area contributed by atoms with E-state index in [-0.39, 0.29) is 23.3 Å². The van der Waals surface area contributed by atoms with Crippen molar-refractivity contribution < 1.29 is 17.9 Å². The maximum Gasteiger partial charge on any atom is 0.310 e. The van der Waals surface area contributed by atoms with E-state index in [0.29, 0.717) is 24.4 Å². The molecule has 0 saturated carbocycles. The summed E-state index contributed by atoms with van der Waals surface area (Å²) in [5.74, 6) is -0.741. The lowest BCUT2D eigenvalue weighted by Gasteiger charge is -2.16. The molecule has 0 aliphatic carbocycles. The number of esters is 1. The van der Waals surface area contributed by atoms with Crippen LogP contribution in [0.15, 0.2) is 4.90 Å². The number of aromatic nitrogens is 2. The highest BCUT2D eigenvalue weighted by molar-refractivity contribution is 7.89. The second-order valence-electron chi connectivity index (χ2n) is 5.00. The van der Waals surface area contributed by atoms with Gasteiger partial charge in [-0.15, -0.1) is 0 Å². The van der Waals surface area contributed by atoms with Crippen LogP contribution in [-0.2, 0) is 26.6 Å². The smallest absolute Gasteiger partial charge is 0.310 e. The first-order valence-electron chi connectivity index (χ1n) is 6.37. The Morgan fingerprint density at radius 1 is 1.40 bits per heavy atom. The Balaban J connectivity index is 2.31. The largest absolute Gasteiger partial charge is 0.469 e. The molecule has 1 aromatic heterocycles. The predicted molar refractivity (Wildman–Crippen MR) is 71.6 cm³/mol. The Kier molecular flexibility index (Phi) is 3.88. The van der Waals surface area contributed by atoms with E-state index in [1.54, 1.807) is 25.6 Å². The van der Waals surface area contributed by atoms with Gasteiger partial charge in [-0.3, -0.25) is 9.48 Å². The molecule has 0 N–H and O–H groups in total. The SMILES string of the molecule is COC(=O)C1CCN(S(=O)(=O)c2c(C)nn(C)c2C)C1. The minimum Gasteiger partial charge on any atom is -0.469 e. The molecule has 0 bridgehead atoms. The van der Waals surface area contributed by atoms with Gasteiger partial charge in [0.05, 0.1) is 24.4 Å². The molecule has 0 amide bonds. The fourth-order valence-corrected chi connectivity index (χ4v) is 4.46. The van der Waals surface area contributed by atoms with Crippen molar-refractivity contribution in [1.29, 1.82) is 0 Å². The third kappa shape index (κ3) is 2.33. The van der Waals surface area contributed by atoms with Gasteiger partial charge >= 0.3 is 5.97 Å². The van der Waals surface area contributed by atoms with E-state index >= 15 is 0 Å². The molecule has 112 valence electrons. The molecule has 1 fully saturated rings. The van der Waals surface area contributed by atoms with Crippen LogP contribution in [-0.4, -0.2) is 48.7 Å². The molecule has 8 heteroatoms. The second-order valence-corrected chi connectivity index (χ2v) is 6.87. The second kappa shape index (κ2) is 5.17. The van der Waals surface area contributed by atoms with Crippen molar-refractivity contribution in [3.63, 3.8) is 0 Å². The van der Waals surface area contributed by atoms with Crippen molar-refractivity contribution in [2.24, 2.45) is 13.0 Å². The van der Waals surface area contributed by atoms with Gasteiger partial charge in [0, 0.05) is 20.1 Å². The molecular weight excluding hydrogens is 282 g/mol. The van der Waals surface area contributed by atoms with Crippen LogP contribution in [0.2, 0.25) is 0 Å². The maximum absolute atomic E-state index is 12.7. The fraction of sp³-hybridized carbons (Fsp3) is 0.667. The Bertz CT molecular complexity index is 635. The quantitative estimate of drug-likeness (QED) is 0.746. The number of sulfonamides is 1. The Labute approximate surface area is 118 Å². The van der Waals surface area contributed by atoms with E-state index in [0.717, 1.165) is 0 Å². The lowest BCUT2D eigenvalue weighted by Crippen LogP contribution is -2.31. The van der Waals surface area contributed by atoms with Crippen LogP contribution in [0.1, 0.15) is 17.8 Å². The van der Waals surface area contributed by atoms with E-state index < -0.39 is 10.0 Å². The molecule has 0 aromatic carbocycles. The summed E-state index contributed by atoms with van der Waals surface area (Å²) in [6, 6.07) is 0. The van der Waals surface area contributed by atoms with Gasteiger partial charge in [0.1, 0.15) is 4.90 Å². The standard InChI is InChI=1S/C12H19N3O4S/c1-8-11(9(2)14(3)13-8)20(17,18)15-6-5-10(7-15)12(16)19-4/h10H,5-7H2,1-4H3. The van der Waals surface area contributed by atoms with E-state index in [4.69, 9.17) is 0 Å². The maximum atomic E-state index is 12.7. The molecule has 0 spiro atoms. The number of nitrogens with zero attached hydrogens (tertiary/aromatic N) is 3. The van der Waals surface area contributed by atoms with Crippen LogP contribution in [0.4, 0.5) is 0 Å². The molecule has 1 aromatic rings. The average molecular weight is 301 g/mol. The molecule has 1 aliphatic heterocycles. The zero-order valence-corrected chi connectivity index (χ0v) is 12.9. The summed E-state index contributed by atoms with van der Waals surface area (Å²) >= 11 is 0. The third-order valence-electron chi connectivity index (χ3n) is 3.73. The zero-order chi connectivity index (χ0) is 15.1. The molecule has 1 unspecified atom stereocenters. The summed E-state index contributed by atoms with van der Waals surface area (Å²) in [4.78, 5) is 11.7. The van der Waals surface area contributed by atoms with E-state index in [1.807, 2.05) is 0 Å². The topological polar surface area (TPSA) is 81.5 Å². The molecule has 2 heterocycles. The first-order valence-corrected chi connectivity index (χ1v) is 7.81. The summed E-state index contributed by atoms with van der Waals surface area (Å²) < 4.78 is 32.9. The van der Waals surface area contributed by atoms with Gasteiger partial charge < -0.3 is 4.74 Å². The Morgan fingerprint density at radius 2 is 2.05 bits per heavy atom. The monoisotopic (exact) mass is 301 g/mol. The number of carbonyl (C=O) groups excluding carboxylic acids is 1. The number of rotatable bonds is 3. The highest BCUT2D eigenvalue weighted by atomic mass is 32.2. The Hall–Kier alpha value is -1.41. The van der Waals surface area contributed by atoms with Crippen LogP contribution in [0.5, 0.6) is 0 Å². The highest BCUT2D eigenvalue weighted by Crippen LogP contribution is 2.28. The number of aryl methyl sites for hydroxylation is 2. The van der Waals surface area contributed by atoms with Crippen LogP contribution in [0, 0.1) is 19.8 Å². The molecule has 2 rings (SSSR count). The summed E-state index contributed by atoms with van der Waals surface area (Å²) in [6.45, 7) is 3.90. The van der Waals surface area contributed by atoms with Crippen LogP contribution in [0.25, 0.3) is 0 Å². The molecule has 7 nitrogen and oxygen atoms in total. The number of hydrogen-bond donors (Lipinski definition) is 0. The van der Waals surface area contributed by atoms with Gasteiger partial charge in [0.25, 0.3) is 0 Å². The minimum atomic E-state index is -3.61. The minimum absolute atomic E-state index is 0.169. The van der Waals surface area contributed by atoms with Gasteiger partial charge in [-0.2, -0.15) is 9.40 Å². The summed E-state index contributed by atoms with van der Waals surface area (Å²) in [6.07, 6.45) is 0.490. The summed E-state index contributed by atoms with van der Waals surface area (Å²) in [5, 5.41) is 4.14. The first kappa shape index (κ1) is 15.0. The lowest BCUT2D eigenvalue weighted by molar-refractivity contribution is -0.144. The van der Waals surface area contributed by atoms with Gasteiger partial charge in [-0.1, -0.05) is 0 Å². The third-order valence-corrected chi connectivity index (χ3v) is 5.84. The number of ether oxygens (including phenoxy) is 1. The molecule has 1 aliphatic rings. The summed E-state index contributed by atoms with van der Waals surface area (Å²) in [5.41, 5.74) is 1.08. The van der Waals surface area contributed by atoms with Crippen molar-refractivity contribution in [3.8, 4) is 0 Å². The normalized spacial score (nSPS) is 20.3. The van der Waals surface area contributed by atoms with Gasteiger partial charge in [0.15, 0.2) is 0 Å².